The molecule has 0 saturated heterocycles. The average molecular weight is 317 g/mol. The van der Waals surface area contributed by atoms with E-state index in [9.17, 15) is 0 Å². The van der Waals surface area contributed by atoms with Gasteiger partial charge in [-0.2, -0.15) is 0 Å². The van der Waals surface area contributed by atoms with Crippen molar-refractivity contribution in [3.05, 3.63) is 0 Å². The summed E-state index contributed by atoms with van der Waals surface area (Å²) in [5.41, 5.74) is 0. The van der Waals surface area contributed by atoms with E-state index in [2.05, 4.69) is 0 Å². The van der Waals surface area contributed by atoms with Crippen LogP contribution in [0.2, 0.25) is 19.6 Å². The van der Waals surface area contributed by atoms with Crippen molar-refractivity contribution in [2.75, 3.05) is 35.5 Å². The highest BCUT2D eigenvalue weighted by Gasteiger charge is 2.51. The zero-order valence-corrected chi connectivity index (χ0v) is 15.4. The van der Waals surface area contributed by atoms with Gasteiger partial charge in [-0.25, -0.2) is 0 Å². The van der Waals surface area contributed by atoms with Crippen molar-refractivity contribution >= 4 is 26.4 Å². The lowest BCUT2D eigenvalue weighted by Gasteiger charge is -2.36. The minimum absolute atomic E-state index is 1.52. The Morgan fingerprint density at radius 1 is 0.444 bits per heavy atom. The Bertz CT molecular complexity index is 225. The smallest absolute Gasteiger partial charge is 0.378 e. The molecule has 10 heteroatoms. The Kier molecular flexibility index (Phi) is 7.38. The quantitative estimate of drug-likeness (QED) is 0.587. The summed E-state index contributed by atoms with van der Waals surface area (Å²) in [6.07, 6.45) is 0. The van der Waals surface area contributed by atoms with Crippen molar-refractivity contribution < 1.29 is 30.4 Å². The van der Waals surface area contributed by atoms with Gasteiger partial charge in [-0.1, -0.05) is 0 Å². The second kappa shape index (κ2) is 7.23. The van der Waals surface area contributed by atoms with E-state index in [1.165, 1.54) is 35.5 Å². The van der Waals surface area contributed by atoms with Crippen LogP contribution in [-0.2, 0) is 30.4 Å². The van der Waals surface area contributed by atoms with Gasteiger partial charge in [0.25, 0.3) is 0 Å². The molecule has 0 unspecified atom stereocenters. The van der Waals surface area contributed by atoms with Gasteiger partial charge in [0.1, 0.15) is 0 Å². The van der Waals surface area contributed by atoms with Gasteiger partial charge in [0.05, 0.1) is 0 Å². The van der Waals surface area contributed by atoms with Gasteiger partial charge in [-0.3, -0.25) is 0 Å². The fourth-order valence-corrected chi connectivity index (χ4v) is 9.37. The lowest BCUT2D eigenvalue weighted by atomic mass is 11.8. The molecule has 0 aliphatic heterocycles. The summed E-state index contributed by atoms with van der Waals surface area (Å²) in [7, 11) is -0.822. The van der Waals surface area contributed by atoms with E-state index in [-0.39, 0.29) is 0 Å². The second-order valence-corrected chi connectivity index (χ2v) is 12.7. The van der Waals surface area contributed by atoms with E-state index in [0.717, 1.165) is 0 Å². The monoisotopic (exact) mass is 316 g/mol. The van der Waals surface area contributed by atoms with E-state index in [1.807, 2.05) is 0 Å². The molecule has 0 aromatic carbocycles. The molecule has 18 heavy (non-hydrogen) atoms. The first-order valence-electron chi connectivity index (χ1n) is 5.38. The van der Waals surface area contributed by atoms with Gasteiger partial charge in [0, 0.05) is 55.2 Å². The molecular weight excluding hydrogens is 292 g/mol. The third-order valence-electron chi connectivity index (χ3n) is 2.60. The zero-order valence-electron chi connectivity index (χ0n) is 12.4. The van der Waals surface area contributed by atoms with Gasteiger partial charge in [0.15, 0.2) is 0 Å². The van der Waals surface area contributed by atoms with E-state index in [1.54, 1.807) is 19.6 Å². The van der Waals surface area contributed by atoms with Crippen LogP contribution in [0.15, 0.2) is 0 Å². The number of rotatable bonds is 9. The topological polar surface area (TPSA) is 64.6 Å². The first-order valence-corrected chi connectivity index (χ1v) is 12.1. The maximum absolute atomic E-state index is 5.84. The van der Waals surface area contributed by atoms with Crippen LogP contribution in [0.1, 0.15) is 0 Å². The molecule has 0 bridgehead atoms. The van der Waals surface area contributed by atoms with Crippen LogP contribution >= 0.6 is 0 Å². The fraction of sp³-hybridized carbons (Fsp3) is 1.00. The highest BCUT2D eigenvalue weighted by Crippen LogP contribution is 2.22. The Morgan fingerprint density at radius 3 is 0.833 bits per heavy atom. The number of hydrogen-bond acceptors (Lipinski definition) is 7. The minimum Gasteiger partial charge on any atom is -0.378 e. The van der Waals surface area contributed by atoms with Gasteiger partial charge in [0.2, 0.25) is 0 Å². The molecule has 0 aliphatic rings. The summed E-state index contributed by atoms with van der Waals surface area (Å²) >= 11 is 0. The molecule has 0 aliphatic carbocycles. The molecule has 0 aromatic heterocycles. The second-order valence-electron chi connectivity index (χ2n) is 3.81. The highest BCUT2D eigenvalue weighted by atomic mass is 28.5. The maximum atomic E-state index is 5.84. The van der Waals surface area contributed by atoms with Crippen LogP contribution in [0.5, 0.6) is 0 Å². The van der Waals surface area contributed by atoms with Gasteiger partial charge < -0.3 is 30.4 Å². The average Bonchev–Trinajstić information content (AvgIpc) is 2.38. The summed E-state index contributed by atoms with van der Waals surface area (Å²) in [4.78, 5) is 0. The SMILES string of the molecule is CO[Si](C)(OC)O[Si](C)(OC)O[Si](C)(OC)OC. The predicted molar refractivity (Wildman–Crippen MR) is 72.1 cm³/mol. The Hall–Kier alpha value is 0.371. The molecule has 0 amide bonds. The number of hydrogen-bond donors (Lipinski definition) is 0. The molecule has 0 saturated carbocycles. The summed E-state index contributed by atoms with van der Waals surface area (Å²) in [6.45, 7) is 5.28. The maximum Gasteiger partial charge on any atom is 0.489 e. The summed E-state index contributed by atoms with van der Waals surface area (Å²) < 4.78 is 38.1. The first-order chi connectivity index (χ1) is 8.22. The van der Waals surface area contributed by atoms with Crippen LogP contribution in [0.4, 0.5) is 0 Å². The molecule has 110 valence electrons. The molecular formula is C8H24O7Si3. The third-order valence-corrected chi connectivity index (χ3v) is 12.2. The van der Waals surface area contributed by atoms with E-state index >= 15 is 0 Å². The normalized spacial score (nSPS) is 14.0. The largest absolute Gasteiger partial charge is 0.489 e. The first kappa shape index (κ1) is 18.4. The lowest BCUT2D eigenvalue weighted by Crippen LogP contribution is -2.60. The molecule has 0 atom stereocenters. The van der Waals surface area contributed by atoms with Crippen molar-refractivity contribution in [3.63, 3.8) is 0 Å². The highest BCUT2D eigenvalue weighted by molar-refractivity contribution is 6.79. The Morgan fingerprint density at radius 2 is 0.667 bits per heavy atom. The molecule has 0 aromatic rings. The Labute approximate surface area is 112 Å². The van der Waals surface area contributed by atoms with Crippen LogP contribution in [0.25, 0.3) is 0 Å². The van der Waals surface area contributed by atoms with Crippen molar-refractivity contribution in [1.29, 1.82) is 0 Å². The lowest BCUT2D eigenvalue weighted by molar-refractivity contribution is 0.0807. The predicted octanol–water partition coefficient (Wildman–Crippen LogP) is 0.958. The van der Waals surface area contributed by atoms with E-state index in [4.69, 9.17) is 30.4 Å². The van der Waals surface area contributed by atoms with Gasteiger partial charge >= 0.3 is 26.4 Å². The van der Waals surface area contributed by atoms with E-state index in [0.29, 0.717) is 0 Å². The minimum atomic E-state index is -2.95. The van der Waals surface area contributed by atoms with Gasteiger partial charge in [-0.05, 0) is 0 Å². The molecule has 7 nitrogen and oxygen atoms in total. The third kappa shape index (κ3) is 5.16. The zero-order chi connectivity index (χ0) is 14.4. The van der Waals surface area contributed by atoms with Crippen molar-refractivity contribution in [1.82, 2.24) is 0 Å². The molecule has 0 rings (SSSR count). The van der Waals surface area contributed by atoms with Crippen LogP contribution in [0.3, 0.4) is 0 Å². The Balaban J connectivity index is 4.91. The molecule has 0 N–H and O–H groups in total. The summed E-state index contributed by atoms with van der Waals surface area (Å²) in [6, 6.07) is 0. The van der Waals surface area contributed by atoms with Crippen molar-refractivity contribution in [3.8, 4) is 0 Å². The summed E-state index contributed by atoms with van der Waals surface area (Å²) in [5.74, 6) is 0. The molecule has 0 heterocycles. The van der Waals surface area contributed by atoms with E-state index < -0.39 is 26.4 Å². The standard InChI is InChI=1S/C8H24O7Si3/c1-9-16(6,10-2)14-18(8,13-5)15-17(7,11-3)12-4/h1-8H3. The van der Waals surface area contributed by atoms with Crippen molar-refractivity contribution in [2.45, 2.75) is 19.6 Å². The summed E-state index contributed by atoms with van der Waals surface area (Å²) in [5, 5.41) is 0. The van der Waals surface area contributed by atoms with Crippen LogP contribution < -0.4 is 0 Å². The fourth-order valence-electron chi connectivity index (χ4n) is 1.11. The van der Waals surface area contributed by atoms with Crippen LogP contribution in [-0.4, -0.2) is 62.0 Å². The molecule has 0 spiro atoms. The van der Waals surface area contributed by atoms with Gasteiger partial charge in [-0.15, -0.1) is 0 Å². The molecule has 0 radical (unpaired) electrons. The van der Waals surface area contributed by atoms with Crippen molar-refractivity contribution in [2.24, 2.45) is 0 Å². The van der Waals surface area contributed by atoms with Crippen LogP contribution in [0, 0.1) is 0 Å². The molecule has 0 fully saturated rings.